The summed E-state index contributed by atoms with van der Waals surface area (Å²) in [5.74, 6) is -0.578. The van der Waals surface area contributed by atoms with E-state index in [4.69, 9.17) is 0 Å². The second-order valence-corrected chi connectivity index (χ2v) is 4.39. The molecule has 0 radical (unpaired) electrons. The van der Waals surface area contributed by atoms with Gasteiger partial charge in [-0.2, -0.15) is 13.2 Å². The maximum Gasteiger partial charge on any atom is 0.417 e. The van der Waals surface area contributed by atoms with E-state index < -0.39 is 17.6 Å². The van der Waals surface area contributed by atoms with Crippen molar-refractivity contribution < 1.29 is 17.6 Å². The van der Waals surface area contributed by atoms with Gasteiger partial charge < -0.3 is 0 Å². The molecule has 100 valence electrons. The van der Waals surface area contributed by atoms with E-state index in [0.29, 0.717) is 5.69 Å². The third-order valence-corrected chi connectivity index (χ3v) is 3.12. The lowest BCUT2D eigenvalue weighted by atomic mass is 10.0. The Hall–Kier alpha value is -1.43. The summed E-state index contributed by atoms with van der Waals surface area (Å²) in [6.45, 7) is 0. The zero-order valence-corrected chi connectivity index (χ0v) is 11.1. The average molecular weight is 334 g/mol. The van der Waals surface area contributed by atoms with E-state index in [0.717, 1.165) is 12.3 Å². The smallest absolute Gasteiger partial charge is 0.259 e. The number of hydrogen-bond acceptors (Lipinski definition) is 1. The van der Waals surface area contributed by atoms with Gasteiger partial charge in [-0.15, -0.1) is 0 Å². The molecule has 1 aromatic carbocycles. The Kier molecular flexibility index (Phi) is 3.89. The van der Waals surface area contributed by atoms with Crippen molar-refractivity contribution in [1.82, 2.24) is 4.98 Å². The van der Waals surface area contributed by atoms with Crippen LogP contribution in [0.5, 0.6) is 0 Å². The quantitative estimate of drug-likeness (QED) is 0.568. The van der Waals surface area contributed by atoms with Gasteiger partial charge in [-0.3, -0.25) is 4.98 Å². The topological polar surface area (TPSA) is 12.9 Å². The highest BCUT2D eigenvalue weighted by Crippen LogP contribution is 2.34. The van der Waals surface area contributed by atoms with Crippen LogP contribution in [0.25, 0.3) is 11.1 Å². The number of benzene rings is 1. The van der Waals surface area contributed by atoms with Gasteiger partial charge in [-0.1, -0.05) is 34.1 Å². The third-order valence-electron chi connectivity index (χ3n) is 2.59. The van der Waals surface area contributed by atoms with E-state index in [1.165, 1.54) is 18.2 Å². The zero-order chi connectivity index (χ0) is 14.0. The van der Waals surface area contributed by atoms with Crippen molar-refractivity contribution in [2.75, 3.05) is 0 Å². The number of alkyl halides is 4. The molecular weight excluding hydrogens is 326 g/mol. The van der Waals surface area contributed by atoms with Crippen LogP contribution in [0.1, 0.15) is 11.3 Å². The molecule has 19 heavy (non-hydrogen) atoms. The van der Waals surface area contributed by atoms with E-state index in [1.807, 2.05) is 0 Å². The van der Waals surface area contributed by atoms with Crippen LogP contribution in [-0.4, -0.2) is 4.98 Å². The van der Waals surface area contributed by atoms with Crippen molar-refractivity contribution in [3.8, 4) is 11.1 Å². The molecule has 0 spiro atoms. The van der Waals surface area contributed by atoms with Crippen LogP contribution in [0.4, 0.5) is 17.6 Å². The monoisotopic (exact) mass is 333 g/mol. The Morgan fingerprint density at radius 3 is 2.37 bits per heavy atom. The molecule has 0 N–H and O–H groups in total. The Morgan fingerprint density at radius 1 is 1.11 bits per heavy atom. The first-order valence-electron chi connectivity index (χ1n) is 5.30. The molecule has 2 aromatic rings. The maximum atomic E-state index is 13.7. The largest absolute Gasteiger partial charge is 0.417 e. The number of nitrogens with zero attached hydrogens (tertiary/aromatic N) is 1. The van der Waals surface area contributed by atoms with Crippen LogP contribution in [-0.2, 0) is 11.5 Å². The lowest BCUT2D eigenvalue weighted by Crippen LogP contribution is -2.07. The number of rotatable bonds is 2. The van der Waals surface area contributed by atoms with Gasteiger partial charge in [-0.05, 0) is 12.1 Å². The first-order valence-corrected chi connectivity index (χ1v) is 6.42. The fourth-order valence-corrected chi connectivity index (χ4v) is 2.11. The van der Waals surface area contributed by atoms with Gasteiger partial charge >= 0.3 is 6.18 Å². The fourth-order valence-electron chi connectivity index (χ4n) is 1.67. The minimum atomic E-state index is -4.50. The molecule has 0 amide bonds. The Bertz CT molecular complexity index is 595. The van der Waals surface area contributed by atoms with Crippen molar-refractivity contribution >= 4 is 15.9 Å². The molecule has 0 aliphatic heterocycles. The minimum absolute atomic E-state index is 0.107. The SMILES string of the molecule is Fc1ccccc1-c1cc(C(F)(F)F)cnc1CBr. The number of aromatic nitrogens is 1. The lowest BCUT2D eigenvalue weighted by molar-refractivity contribution is -0.137. The van der Waals surface area contributed by atoms with E-state index in [2.05, 4.69) is 20.9 Å². The van der Waals surface area contributed by atoms with Crippen molar-refractivity contribution in [3.05, 3.63) is 53.6 Å². The molecule has 0 unspecified atom stereocenters. The van der Waals surface area contributed by atoms with Gasteiger partial charge in [-0.25, -0.2) is 4.39 Å². The summed E-state index contributed by atoms with van der Waals surface area (Å²) in [5, 5.41) is 0.245. The predicted octanol–water partition coefficient (Wildman–Crippen LogP) is 4.80. The van der Waals surface area contributed by atoms with Gasteiger partial charge in [0.15, 0.2) is 0 Å². The van der Waals surface area contributed by atoms with Crippen molar-refractivity contribution in [1.29, 1.82) is 0 Å². The normalized spacial score (nSPS) is 11.6. The highest BCUT2D eigenvalue weighted by atomic mass is 79.9. The molecule has 6 heteroatoms. The van der Waals surface area contributed by atoms with Crippen LogP contribution in [0.15, 0.2) is 36.5 Å². The third kappa shape index (κ3) is 2.94. The standard InChI is InChI=1S/C13H8BrF4N/c14-6-12-10(9-3-1-2-4-11(9)15)5-8(7-19-12)13(16,17)18/h1-5,7H,6H2. The Labute approximate surface area is 115 Å². The molecular formula is C13H8BrF4N. The molecule has 0 saturated heterocycles. The summed E-state index contributed by atoms with van der Waals surface area (Å²) in [5.41, 5.74) is -0.283. The lowest BCUT2D eigenvalue weighted by Gasteiger charge is -2.12. The van der Waals surface area contributed by atoms with Gasteiger partial charge in [0.2, 0.25) is 0 Å². The van der Waals surface area contributed by atoms with Gasteiger partial charge in [0.1, 0.15) is 5.82 Å². The molecule has 1 nitrogen and oxygen atoms in total. The molecule has 0 aliphatic carbocycles. The van der Waals surface area contributed by atoms with E-state index in [9.17, 15) is 17.6 Å². The van der Waals surface area contributed by atoms with E-state index >= 15 is 0 Å². The van der Waals surface area contributed by atoms with Crippen LogP contribution in [0, 0.1) is 5.82 Å². The van der Waals surface area contributed by atoms with Crippen LogP contribution < -0.4 is 0 Å². The second kappa shape index (κ2) is 5.28. The highest BCUT2D eigenvalue weighted by Gasteiger charge is 2.32. The number of hydrogen-bond donors (Lipinski definition) is 0. The summed E-state index contributed by atoms with van der Waals surface area (Å²) >= 11 is 3.14. The van der Waals surface area contributed by atoms with Crippen LogP contribution in [0.3, 0.4) is 0 Å². The fraction of sp³-hybridized carbons (Fsp3) is 0.154. The van der Waals surface area contributed by atoms with E-state index in [-0.39, 0.29) is 16.5 Å². The average Bonchev–Trinajstić information content (AvgIpc) is 2.37. The van der Waals surface area contributed by atoms with Gasteiger partial charge in [0, 0.05) is 22.7 Å². The molecule has 0 fully saturated rings. The number of pyridine rings is 1. The highest BCUT2D eigenvalue weighted by molar-refractivity contribution is 9.08. The molecule has 2 rings (SSSR count). The minimum Gasteiger partial charge on any atom is -0.259 e. The van der Waals surface area contributed by atoms with Gasteiger partial charge in [0.05, 0.1) is 11.3 Å². The van der Waals surface area contributed by atoms with Crippen molar-refractivity contribution in [2.45, 2.75) is 11.5 Å². The zero-order valence-electron chi connectivity index (χ0n) is 9.51. The summed E-state index contributed by atoms with van der Waals surface area (Å²) in [6, 6.07) is 6.60. The first-order chi connectivity index (χ1) is 8.93. The molecule has 0 saturated carbocycles. The molecule has 0 bridgehead atoms. The van der Waals surface area contributed by atoms with Crippen LogP contribution in [0.2, 0.25) is 0 Å². The van der Waals surface area contributed by atoms with Crippen molar-refractivity contribution in [2.24, 2.45) is 0 Å². The first kappa shape index (κ1) is 14.0. The van der Waals surface area contributed by atoms with Gasteiger partial charge in [0.25, 0.3) is 0 Å². The maximum absolute atomic E-state index is 13.7. The number of halogens is 5. The Balaban J connectivity index is 2.64. The molecule has 0 atom stereocenters. The molecule has 0 aliphatic rings. The van der Waals surface area contributed by atoms with Crippen LogP contribution >= 0.6 is 15.9 Å². The summed E-state index contributed by atoms with van der Waals surface area (Å²) < 4.78 is 51.7. The van der Waals surface area contributed by atoms with E-state index in [1.54, 1.807) is 6.07 Å². The summed E-state index contributed by atoms with van der Waals surface area (Å²) in [6.07, 6.45) is -3.75. The summed E-state index contributed by atoms with van der Waals surface area (Å²) in [4.78, 5) is 3.75. The van der Waals surface area contributed by atoms with Crippen molar-refractivity contribution in [3.63, 3.8) is 0 Å². The Morgan fingerprint density at radius 2 is 1.79 bits per heavy atom. The molecule has 1 heterocycles. The molecule has 1 aromatic heterocycles. The predicted molar refractivity (Wildman–Crippen MR) is 67.3 cm³/mol. The second-order valence-electron chi connectivity index (χ2n) is 3.83. The summed E-state index contributed by atoms with van der Waals surface area (Å²) in [7, 11) is 0.